The average molecular weight is 446 g/mol. The minimum atomic E-state index is -0.277. The van der Waals surface area contributed by atoms with Gasteiger partial charge in [-0.1, -0.05) is 12.1 Å². The molecule has 1 atom stereocenters. The van der Waals surface area contributed by atoms with Crippen LogP contribution in [0.15, 0.2) is 24.3 Å². The van der Waals surface area contributed by atoms with Gasteiger partial charge in [-0.15, -0.1) is 0 Å². The van der Waals surface area contributed by atoms with Crippen molar-refractivity contribution >= 4 is 11.8 Å². The fraction of sp³-hybridized carbons (Fsp3) is 0.680. The van der Waals surface area contributed by atoms with E-state index >= 15 is 0 Å². The average Bonchev–Trinajstić information content (AvgIpc) is 3.35. The monoisotopic (exact) mass is 445 g/mol. The molecule has 1 unspecified atom stereocenters. The summed E-state index contributed by atoms with van der Waals surface area (Å²) in [6, 6.07) is 6.88. The number of hydrogen-bond acceptors (Lipinski definition) is 4. The lowest BCUT2D eigenvalue weighted by molar-refractivity contribution is -0.133. The highest BCUT2D eigenvalue weighted by Gasteiger charge is 2.31. The Morgan fingerprint density at radius 2 is 1.84 bits per heavy atom. The number of benzene rings is 1. The second kappa shape index (κ2) is 11.2. The molecule has 2 amide bonds. The number of nitrogens with zero attached hydrogens (tertiary/aromatic N) is 2. The first-order chi connectivity index (χ1) is 15.6. The van der Waals surface area contributed by atoms with Crippen LogP contribution in [0.25, 0.3) is 0 Å². The smallest absolute Gasteiger partial charge is 0.223 e. The molecule has 0 radical (unpaired) electrons. The van der Waals surface area contributed by atoms with Crippen LogP contribution in [0.5, 0.6) is 0 Å². The first-order valence-electron chi connectivity index (χ1n) is 12.2. The first-order valence-corrected chi connectivity index (χ1v) is 12.2. The third kappa shape index (κ3) is 6.29. The number of likely N-dealkylation sites (tertiary alicyclic amines) is 2. The third-order valence-corrected chi connectivity index (χ3v) is 7.38. The summed E-state index contributed by atoms with van der Waals surface area (Å²) in [5, 5.41) is 2.96. The summed E-state index contributed by atoms with van der Waals surface area (Å²) in [6.07, 6.45) is 6.45. The highest BCUT2D eigenvalue weighted by Crippen LogP contribution is 2.25. The van der Waals surface area contributed by atoms with Gasteiger partial charge in [-0.3, -0.25) is 9.59 Å². The second-order valence-corrected chi connectivity index (χ2v) is 9.54. The van der Waals surface area contributed by atoms with Crippen molar-refractivity contribution in [2.24, 2.45) is 11.8 Å². The molecule has 0 saturated carbocycles. The maximum atomic E-state index is 13.3. The zero-order chi connectivity index (χ0) is 22.3. The number of ether oxygens (including phenoxy) is 1. The summed E-state index contributed by atoms with van der Waals surface area (Å²) < 4.78 is 18.7. The first kappa shape index (κ1) is 23.2. The molecule has 1 aromatic rings. The number of hydrogen-bond donors (Lipinski definition) is 1. The quantitative estimate of drug-likeness (QED) is 0.701. The van der Waals surface area contributed by atoms with E-state index in [-0.39, 0.29) is 17.6 Å². The molecule has 4 rings (SSSR count). The molecule has 0 spiro atoms. The van der Waals surface area contributed by atoms with E-state index in [9.17, 15) is 14.0 Å². The molecule has 3 aliphatic heterocycles. The second-order valence-electron chi connectivity index (χ2n) is 9.54. The number of halogens is 1. The van der Waals surface area contributed by atoms with Gasteiger partial charge >= 0.3 is 0 Å². The summed E-state index contributed by atoms with van der Waals surface area (Å²) in [5.74, 6) is 0.678. The van der Waals surface area contributed by atoms with Gasteiger partial charge in [-0.2, -0.15) is 0 Å². The Morgan fingerprint density at radius 1 is 1.06 bits per heavy atom. The van der Waals surface area contributed by atoms with Crippen molar-refractivity contribution in [3.63, 3.8) is 0 Å². The molecule has 0 aromatic heterocycles. The maximum Gasteiger partial charge on any atom is 0.223 e. The fourth-order valence-corrected chi connectivity index (χ4v) is 5.28. The van der Waals surface area contributed by atoms with E-state index in [0.29, 0.717) is 30.8 Å². The van der Waals surface area contributed by atoms with Crippen LogP contribution in [0.1, 0.15) is 50.5 Å². The van der Waals surface area contributed by atoms with E-state index in [1.54, 1.807) is 6.07 Å². The Hall–Kier alpha value is -1.99. The molecule has 1 N–H and O–H groups in total. The van der Waals surface area contributed by atoms with Gasteiger partial charge in [0.2, 0.25) is 11.8 Å². The lowest BCUT2D eigenvalue weighted by atomic mass is 9.92. The molecule has 0 bridgehead atoms. The summed E-state index contributed by atoms with van der Waals surface area (Å²) >= 11 is 0. The van der Waals surface area contributed by atoms with Crippen LogP contribution in [0, 0.1) is 17.7 Å². The Balaban J connectivity index is 1.13. The molecule has 3 saturated heterocycles. The van der Waals surface area contributed by atoms with Crippen molar-refractivity contribution in [2.75, 3.05) is 39.4 Å². The van der Waals surface area contributed by atoms with Gasteiger partial charge in [0.15, 0.2) is 0 Å². The van der Waals surface area contributed by atoms with Gasteiger partial charge in [-0.25, -0.2) is 4.39 Å². The van der Waals surface area contributed by atoms with Crippen LogP contribution in [0.3, 0.4) is 0 Å². The normalized spacial score (nSPS) is 23.4. The van der Waals surface area contributed by atoms with E-state index < -0.39 is 0 Å². The molecule has 0 aliphatic carbocycles. The number of piperidine rings is 2. The minimum Gasteiger partial charge on any atom is -0.381 e. The topological polar surface area (TPSA) is 61.9 Å². The van der Waals surface area contributed by atoms with E-state index in [2.05, 4.69) is 10.2 Å². The van der Waals surface area contributed by atoms with Crippen LogP contribution < -0.4 is 5.32 Å². The molecule has 1 aromatic carbocycles. The number of carbonyl (C=O) groups excluding carboxylic acids is 2. The van der Waals surface area contributed by atoms with Gasteiger partial charge in [0.1, 0.15) is 5.82 Å². The zero-order valence-electron chi connectivity index (χ0n) is 18.9. The van der Waals surface area contributed by atoms with Crippen LogP contribution in [0.2, 0.25) is 0 Å². The van der Waals surface area contributed by atoms with Crippen LogP contribution >= 0.6 is 0 Å². The number of carbonyl (C=O) groups is 2. The largest absolute Gasteiger partial charge is 0.381 e. The van der Waals surface area contributed by atoms with Crippen molar-refractivity contribution in [1.82, 2.24) is 15.1 Å². The van der Waals surface area contributed by atoms with Crippen molar-refractivity contribution in [3.8, 4) is 0 Å². The molecule has 6 nitrogen and oxygen atoms in total. The minimum absolute atomic E-state index is 0.0287. The van der Waals surface area contributed by atoms with Crippen LogP contribution in [-0.2, 0) is 20.9 Å². The standard InChI is InChI=1S/C25H36FN3O3/c26-22-3-1-2-20(16-22)17-27-25(31)21-6-11-28(12-7-21)23-8-13-29(14-9-23)24(30)5-4-19-10-15-32-18-19/h1-3,16,19,21,23H,4-15,17-18H2,(H,27,31). The molecular formula is C25H36FN3O3. The molecule has 7 heteroatoms. The van der Waals surface area contributed by atoms with Crippen molar-refractivity contribution in [3.05, 3.63) is 35.6 Å². The summed E-state index contributed by atoms with van der Waals surface area (Å²) in [4.78, 5) is 29.6. The fourth-order valence-electron chi connectivity index (χ4n) is 5.28. The highest BCUT2D eigenvalue weighted by molar-refractivity contribution is 5.78. The van der Waals surface area contributed by atoms with E-state index in [1.807, 2.05) is 11.0 Å². The van der Waals surface area contributed by atoms with Gasteiger partial charge in [0.05, 0.1) is 0 Å². The van der Waals surface area contributed by atoms with Gasteiger partial charge in [0, 0.05) is 51.2 Å². The van der Waals surface area contributed by atoms with Crippen molar-refractivity contribution < 1.29 is 18.7 Å². The zero-order valence-corrected chi connectivity index (χ0v) is 18.9. The highest BCUT2D eigenvalue weighted by atomic mass is 19.1. The lowest BCUT2D eigenvalue weighted by Gasteiger charge is -2.41. The Labute approximate surface area is 190 Å². The van der Waals surface area contributed by atoms with Crippen molar-refractivity contribution in [2.45, 2.75) is 57.5 Å². The summed E-state index contributed by atoms with van der Waals surface area (Å²) in [7, 11) is 0. The number of nitrogens with one attached hydrogen (secondary N) is 1. The Bertz CT molecular complexity index is 767. The molecule has 3 heterocycles. The summed E-state index contributed by atoms with van der Waals surface area (Å²) in [6.45, 7) is 5.58. The predicted molar refractivity (Wildman–Crippen MR) is 120 cm³/mol. The maximum absolute atomic E-state index is 13.3. The molecule has 3 aliphatic rings. The van der Waals surface area contributed by atoms with E-state index in [4.69, 9.17) is 4.74 Å². The van der Waals surface area contributed by atoms with Gasteiger partial charge in [-0.05, 0) is 75.2 Å². The van der Waals surface area contributed by atoms with Crippen molar-refractivity contribution in [1.29, 1.82) is 0 Å². The van der Waals surface area contributed by atoms with Crippen LogP contribution in [-0.4, -0.2) is 67.0 Å². The number of rotatable bonds is 7. The summed E-state index contributed by atoms with van der Waals surface area (Å²) in [5.41, 5.74) is 0.786. The van der Waals surface area contributed by atoms with E-state index in [1.165, 1.54) is 12.1 Å². The molecule has 32 heavy (non-hydrogen) atoms. The number of amides is 2. The Kier molecular flexibility index (Phi) is 8.14. The van der Waals surface area contributed by atoms with Gasteiger partial charge < -0.3 is 19.9 Å². The molecule has 176 valence electrons. The predicted octanol–water partition coefficient (Wildman–Crippen LogP) is 2.96. The van der Waals surface area contributed by atoms with E-state index in [0.717, 1.165) is 83.5 Å². The SMILES string of the molecule is O=C(NCc1cccc(F)c1)C1CCN(C2CCN(C(=O)CCC3CCOC3)CC2)CC1. The Morgan fingerprint density at radius 3 is 2.53 bits per heavy atom. The molecular weight excluding hydrogens is 409 g/mol. The van der Waals surface area contributed by atoms with Crippen LogP contribution in [0.4, 0.5) is 4.39 Å². The third-order valence-electron chi connectivity index (χ3n) is 7.38. The lowest BCUT2D eigenvalue weighted by Crippen LogP contribution is -2.50. The molecule has 3 fully saturated rings. The van der Waals surface area contributed by atoms with Gasteiger partial charge in [0.25, 0.3) is 0 Å².